The first-order chi connectivity index (χ1) is 38.2. The van der Waals surface area contributed by atoms with Crippen LogP contribution >= 0.6 is 11.3 Å². The topological polar surface area (TPSA) is 35.9 Å². The molecule has 11 aromatic carbocycles. The lowest BCUT2D eigenvalue weighted by Crippen LogP contribution is -2.41. The molecule has 17 rings (SSSR count). The molecule has 0 saturated heterocycles. The predicted molar refractivity (Wildman–Crippen MR) is 322 cm³/mol. The van der Waals surface area contributed by atoms with E-state index in [4.69, 9.17) is 9.40 Å². The molecule has 358 valence electrons. The quantitative estimate of drug-likeness (QED) is 0.166. The van der Waals surface area contributed by atoms with E-state index >= 15 is 0 Å². The highest BCUT2D eigenvalue weighted by Crippen LogP contribution is 2.57. The first-order valence-corrected chi connectivity index (χ1v) is 27.2. The average molecular weight is 998 g/mol. The molecular formula is C72H43N3OS. The summed E-state index contributed by atoms with van der Waals surface area (Å²) in [7, 11) is 0. The van der Waals surface area contributed by atoms with E-state index in [0.29, 0.717) is 0 Å². The van der Waals surface area contributed by atoms with E-state index in [-0.39, 0.29) is 0 Å². The molecular weight excluding hydrogens is 955 g/mol. The summed E-state index contributed by atoms with van der Waals surface area (Å²) in [5.74, 6) is 0. The van der Waals surface area contributed by atoms with Crippen LogP contribution in [0.15, 0.2) is 265 Å². The summed E-state index contributed by atoms with van der Waals surface area (Å²) in [6.45, 7) is 0. The Labute approximate surface area is 446 Å². The van der Waals surface area contributed by atoms with Crippen molar-refractivity contribution in [3.8, 4) is 55.9 Å². The Balaban J connectivity index is 0.942. The van der Waals surface area contributed by atoms with Crippen molar-refractivity contribution in [3.63, 3.8) is 0 Å². The summed E-state index contributed by atoms with van der Waals surface area (Å²) < 4.78 is 14.1. The summed E-state index contributed by atoms with van der Waals surface area (Å²) in [6.07, 6.45) is 0. The molecule has 1 aliphatic carbocycles. The molecule has 0 unspecified atom stereocenters. The molecule has 0 amide bonds. The minimum atomic E-state index is -0.896. The molecule has 5 heteroatoms. The van der Waals surface area contributed by atoms with Gasteiger partial charge in [0.05, 0.1) is 33.5 Å². The zero-order valence-electron chi connectivity index (χ0n) is 41.5. The van der Waals surface area contributed by atoms with Crippen LogP contribution in [0.2, 0.25) is 0 Å². The van der Waals surface area contributed by atoms with Crippen LogP contribution in [-0.4, -0.2) is 14.1 Å². The van der Waals surface area contributed by atoms with Crippen molar-refractivity contribution in [1.29, 1.82) is 0 Å². The summed E-state index contributed by atoms with van der Waals surface area (Å²) >= 11 is 1.86. The van der Waals surface area contributed by atoms with Crippen molar-refractivity contribution in [1.82, 2.24) is 14.1 Å². The van der Waals surface area contributed by atoms with E-state index in [1.54, 1.807) is 0 Å². The molecule has 0 aliphatic heterocycles. The number of thiophene rings is 1. The van der Waals surface area contributed by atoms with Gasteiger partial charge in [-0.1, -0.05) is 164 Å². The number of fused-ring (bicyclic) bond motifs is 15. The molecule has 0 spiro atoms. The monoisotopic (exact) mass is 997 g/mol. The van der Waals surface area contributed by atoms with Crippen LogP contribution in [0.4, 0.5) is 0 Å². The Morgan fingerprint density at radius 3 is 1.30 bits per heavy atom. The lowest BCUT2D eigenvalue weighted by molar-refractivity contribution is 0.415. The maximum atomic E-state index is 6.24. The van der Waals surface area contributed by atoms with Crippen LogP contribution in [-0.2, 0) is 5.66 Å². The van der Waals surface area contributed by atoms with Gasteiger partial charge in [-0.25, -0.2) is 4.98 Å². The zero-order chi connectivity index (χ0) is 50.3. The number of furan rings is 1. The van der Waals surface area contributed by atoms with Gasteiger partial charge in [-0.15, -0.1) is 11.3 Å². The third-order valence-electron chi connectivity index (χ3n) is 16.5. The lowest BCUT2D eigenvalue weighted by atomic mass is 9.92. The van der Waals surface area contributed by atoms with Crippen LogP contribution in [0.1, 0.15) is 11.1 Å². The van der Waals surface area contributed by atoms with Gasteiger partial charge in [0, 0.05) is 74.7 Å². The highest BCUT2D eigenvalue weighted by molar-refractivity contribution is 7.25. The number of para-hydroxylation sites is 5. The maximum absolute atomic E-state index is 6.24. The third-order valence-corrected chi connectivity index (χ3v) is 17.7. The van der Waals surface area contributed by atoms with E-state index in [1.165, 1.54) is 108 Å². The number of hydrogen-bond donors (Lipinski definition) is 0. The molecule has 77 heavy (non-hydrogen) atoms. The largest absolute Gasteiger partial charge is 0.456 e. The second-order valence-corrected chi connectivity index (χ2v) is 21.6. The first-order valence-electron chi connectivity index (χ1n) is 26.3. The number of hydrogen-bond acceptors (Lipinski definition) is 3. The van der Waals surface area contributed by atoms with Crippen molar-refractivity contribution >= 4 is 97.1 Å². The van der Waals surface area contributed by atoms with Crippen molar-refractivity contribution in [3.05, 3.63) is 272 Å². The van der Waals surface area contributed by atoms with Gasteiger partial charge in [0.15, 0.2) is 5.66 Å². The normalized spacial score (nSPS) is 13.0. The molecule has 4 nitrogen and oxygen atoms in total. The molecule has 0 radical (unpaired) electrons. The molecule has 0 saturated carbocycles. The Kier molecular flexibility index (Phi) is 8.89. The van der Waals surface area contributed by atoms with Crippen LogP contribution in [0.3, 0.4) is 0 Å². The Hall–Kier alpha value is -9.81. The predicted octanol–water partition coefficient (Wildman–Crippen LogP) is 19.5. The Morgan fingerprint density at radius 2 is 0.714 bits per heavy atom. The fourth-order valence-electron chi connectivity index (χ4n) is 13.2. The zero-order valence-corrected chi connectivity index (χ0v) is 42.3. The van der Waals surface area contributed by atoms with Crippen molar-refractivity contribution < 1.29 is 4.42 Å². The van der Waals surface area contributed by atoms with Crippen LogP contribution in [0.25, 0.3) is 142 Å². The molecule has 16 aromatic rings. The number of rotatable bonds is 6. The van der Waals surface area contributed by atoms with Crippen LogP contribution < -0.4 is 0 Å². The Bertz CT molecular complexity index is 4910. The van der Waals surface area contributed by atoms with Gasteiger partial charge in [0.2, 0.25) is 0 Å². The summed E-state index contributed by atoms with van der Waals surface area (Å²) in [6, 6.07) is 96.1. The summed E-state index contributed by atoms with van der Waals surface area (Å²) in [4.78, 5) is 5.47. The molecule has 5 aromatic heterocycles. The smallest absolute Gasteiger partial charge is 0.176 e. The highest BCUT2D eigenvalue weighted by Gasteiger charge is 2.49. The van der Waals surface area contributed by atoms with Gasteiger partial charge in [-0.3, -0.25) is 0 Å². The summed E-state index contributed by atoms with van der Waals surface area (Å²) in [5, 5.41) is 9.65. The first kappa shape index (κ1) is 42.5. The van der Waals surface area contributed by atoms with Gasteiger partial charge in [-0.05, 0) is 130 Å². The van der Waals surface area contributed by atoms with E-state index in [1.807, 2.05) is 23.5 Å². The standard InChI is InChI=1S/C72H43N3OS/c1-2-15-44(16-3-1)45-32-37-70-58(40-45)59-41-47(33-38-71(59)77-70)46-29-34-60-55(39-46)56-42-48(62-22-14-23-63(73-62)49-31-36-69-57(43-49)54-21-8-13-28-68(54)76-69)30-35-61(56)72(60,74-64-24-9-4-17-50(64)51-18-5-10-25-65(51)74)75-66-26-11-6-19-52(66)53-20-7-12-27-67(53)75/h1-43H. The van der Waals surface area contributed by atoms with Crippen LogP contribution in [0.5, 0.6) is 0 Å². The number of benzene rings is 11. The van der Waals surface area contributed by atoms with Gasteiger partial charge < -0.3 is 13.6 Å². The van der Waals surface area contributed by atoms with Crippen molar-refractivity contribution in [2.75, 3.05) is 0 Å². The van der Waals surface area contributed by atoms with Gasteiger partial charge in [0.25, 0.3) is 0 Å². The molecule has 0 fully saturated rings. The fourth-order valence-corrected chi connectivity index (χ4v) is 14.2. The fraction of sp³-hybridized carbons (Fsp3) is 0.0139. The Morgan fingerprint density at radius 1 is 0.299 bits per heavy atom. The van der Waals surface area contributed by atoms with Gasteiger partial charge in [0.1, 0.15) is 11.2 Å². The van der Waals surface area contributed by atoms with Gasteiger partial charge >= 0.3 is 0 Å². The average Bonchev–Trinajstić information content (AvgIpc) is 4.35. The molecule has 5 heterocycles. The van der Waals surface area contributed by atoms with E-state index in [0.717, 1.165) is 44.5 Å². The highest BCUT2D eigenvalue weighted by atomic mass is 32.1. The number of aromatic nitrogens is 3. The van der Waals surface area contributed by atoms with Crippen molar-refractivity contribution in [2.24, 2.45) is 0 Å². The second-order valence-electron chi connectivity index (χ2n) is 20.5. The molecule has 1 aliphatic rings. The molecule has 0 atom stereocenters. The van der Waals surface area contributed by atoms with Crippen molar-refractivity contribution in [2.45, 2.75) is 5.66 Å². The lowest BCUT2D eigenvalue weighted by Gasteiger charge is -2.39. The second kappa shape index (κ2) is 16.1. The molecule has 0 bridgehead atoms. The van der Waals surface area contributed by atoms with Crippen LogP contribution in [0, 0.1) is 0 Å². The SMILES string of the molecule is c1ccc(-c2ccc3sc4ccc(-c5ccc6c(c5)-c5cc(-c7cccc(-c8ccc9oc%10ccccc%10c9c8)n7)ccc5C6(n5c6ccccc6c6ccccc65)n5c6ccccc6c6ccccc65)cc4c3c2)cc1. The van der Waals surface area contributed by atoms with E-state index in [2.05, 4.69) is 258 Å². The van der Waals surface area contributed by atoms with Gasteiger partial charge in [-0.2, -0.15) is 0 Å². The number of nitrogens with zero attached hydrogens (tertiary/aromatic N) is 3. The van der Waals surface area contributed by atoms with E-state index in [9.17, 15) is 0 Å². The summed E-state index contributed by atoms with van der Waals surface area (Å²) in [5.41, 5.74) is 19.1. The molecule has 0 N–H and O–H groups in total. The number of pyridine rings is 1. The minimum Gasteiger partial charge on any atom is -0.456 e. The van der Waals surface area contributed by atoms with E-state index < -0.39 is 5.66 Å². The maximum Gasteiger partial charge on any atom is 0.176 e. The third kappa shape index (κ3) is 6.06. The minimum absolute atomic E-state index is 0.874.